The number of hydrogen-bond acceptors (Lipinski definition) is 4. The minimum atomic E-state index is -0.148. The molecule has 1 unspecified atom stereocenters. The average molecular weight is 287 g/mol. The van der Waals surface area contributed by atoms with Crippen molar-refractivity contribution in [1.82, 2.24) is 5.43 Å². The smallest absolute Gasteiger partial charge is 0.120 e. The lowest BCUT2D eigenvalue weighted by molar-refractivity contribution is 0.0106. The number of rotatable bonds is 8. The van der Waals surface area contributed by atoms with Crippen LogP contribution in [0.3, 0.4) is 0 Å². The van der Waals surface area contributed by atoms with Crippen molar-refractivity contribution in [3.05, 3.63) is 29.3 Å². The maximum absolute atomic E-state index is 5.90. The van der Waals surface area contributed by atoms with Crippen LogP contribution in [-0.4, -0.2) is 25.4 Å². The number of hydrogen-bond donors (Lipinski definition) is 2. The normalized spacial score (nSPS) is 13.3. The standard InChI is InChI=1S/C14H23ClN2O2/c1-14(2,18-3)8-7-12(17-16)10-19-13-6-4-5-11(15)9-13/h4-6,9,12,17H,7-8,10,16H2,1-3H3. The summed E-state index contributed by atoms with van der Waals surface area (Å²) in [6.45, 7) is 4.60. The van der Waals surface area contributed by atoms with E-state index < -0.39 is 0 Å². The van der Waals surface area contributed by atoms with Crippen molar-refractivity contribution in [1.29, 1.82) is 0 Å². The zero-order valence-electron chi connectivity index (χ0n) is 11.8. The van der Waals surface area contributed by atoms with Gasteiger partial charge in [-0.3, -0.25) is 11.3 Å². The fourth-order valence-corrected chi connectivity index (χ4v) is 1.77. The zero-order chi connectivity index (χ0) is 14.3. The molecule has 0 aromatic heterocycles. The number of benzene rings is 1. The number of methoxy groups -OCH3 is 1. The van der Waals surface area contributed by atoms with Gasteiger partial charge in [-0.2, -0.15) is 0 Å². The molecule has 0 aliphatic heterocycles. The van der Waals surface area contributed by atoms with Crippen LogP contribution in [0.5, 0.6) is 5.75 Å². The van der Waals surface area contributed by atoms with Crippen molar-refractivity contribution in [2.75, 3.05) is 13.7 Å². The second-order valence-electron chi connectivity index (χ2n) is 5.13. The molecule has 0 saturated carbocycles. The summed E-state index contributed by atoms with van der Waals surface area (Å²) in [4.78, 5) is 0. The van der Waals surface area contributed by atoms with Gasteiger partial charge in [0.05, 0.1) is 11.6 Å². The highest BCUT2D eigenvalue weighted by molar-refractivity contribution is 6.30. The summed E-state index contributed by atoms with van der Waals surface area (Å²) in [5.74, 6) is 6.29. The highest BCUT2D eigenvalue weighted by Gasteiger charge is 2.19. The van der Waals surface area contributed by atoms with Crippen molar-refractivity contribution in [2.24, 2.45) is 5.84 Å². The lowest BCUT2D eigenvalue weighted by Crippen LogP contribution is -2.41. The van der Waals surface area contributed by atoms with Crippen LogP contribution in [0.4, 0.5) is 0 Å². The molecule has 3 N–H and O–H groups in total. The van der Waals surface area contributed by atoms with Gasteiger partial charge in [-0.25, -0.2) is 0 Å². The molecule has 19 heavy (non-hydrogen) atoms. The van der Waals surface area contributed by atoms with E-state index in [1.165, 1.54) is 0 Å². The Morgan fingerprint density at radius 2 is 2.16 bits per heavy atom. The highest BCUT2D eigenvalue weighted by Crippen LogP contribution is 2.19. The number of halogens is 1. The zero-order valence-corrected chi connectivity index (χ0v) is 12.5. The third-order valence-electron chi connectivity index (χ3n) is 3.13. The number of ether oxygens (including phenoxy) is 2. The van der Waals surface area contributed by atoms with Gasteiger partial charge < -0.3 is 9.47 Å². The monoisotopic (exact) mass is 286 g/mol. The Kier molecular flexibility index (Phi) is 6.58. The minimum absolute atomic E-state index is 0.0772. The second kappa shape index (κ2) is 7.70. The summed E-state index contributed by atoms with van der Waals surface area (Å²) in [5, 5.41) is 0.662. The molecule has 0 spiro atoms. The van der Waals surface area contributed by atoms with E-state index in [0.29, 0.717) is 11.6 Å². The summed E-state index contributed by atoms with van der Waals surface area (Å²) >= 11 is 5.90. The molecule has 5 heteroatoms. The molecule has 108 valence electrons. The number of nitrogens with two attached hydrogens (primary N) is 1. The number of nitrogens with one attached hydrogen (secondary N) is 1. The molecule has 0 heterocycles. The van der Waals surface area contributed by atoms with Gasteiger partial charge in [-0.15, -0.1) is 0 Å². The topological polar surface area (TPSA) is 56.5 Å². The number of hydrazine groups is 1. The lowest BCUT2D eigenvalue weighted by Gasteiger charge is -2.25. The van der Waals surface area contributed by atoms with Crippen molar-refractivity contribution >= 4 is 11.6 Å². The predicted molar refractivity (Wildman–Crippen MR) is 78.4 cm³/mol. The van der Waals surface area contributed by atoms with Crippen molar-refractivity contribution in [3.8, 4) is 5.75 Å². The first-order valence-corrected chi connectivity index (χ1v) is 6.74. The molecular formula is C14H23ClN2O2. The minimum Gasteiger partial charge on any atom is -0.492 e. The largest absolute Gasteiger partial charge is 0.492 e. The molecule has 0 aliphatic carbocycles. The van der Waals surface area contributed by atoms with E-state index in [1.807, 2.05) is 18.2 Å². The molecule has 0 fully saturated rings. The molecule has 1 aromatic carbocycles. The summed E-state index contributed by atoms with van der Waals surface area (Å²) in [6, 6.07) is 7.41. The highest BCUT2D eigenvalue weighted by atomic mass is 35.5. The Labute approximate surface area is 120 Å². The van der Waals surface area contributed by atoms with Crippen LogP contribution in [0.2, 0.25) is 5.02 Å². The van der Waals surface area contributed by atoms with Gasteiger partial charge in [0.1, 0.15) is 12.4 Å². The third-order valence-corrected chi connectivity index (χ3v) is 3.37. The van der Waals surface area contributed by atoms with Gasteiger partial charge >= 0.3 is 0 Å². The summed E-state index contributed by atoms with van der Waals surface area (Å²) < 4.78 is 11.1. The molecular weight excluding hydrogens is 264 g/mol. The van der Waals surface area contributed by atoms with E-state index in [4.69, 9.17) is 26.9 Å². The van der Waals surface area contributed by atoms with Crippen LogP contribution < -0.4 is 16.0 Å². The van der Waals surface area contributed by atoms with Gasteiger partial charge in [-0.05, 0) is 44.9 Å². The lowest BCUT2D eigenvalue weighted by atomic mass is 9.99. The van der Waals surface area contributed by atoms with Crippen molar-refractivity contribution in [3.63, 3.8) is 0 Å². The van der Waals surface area contributed by atoms with Crippen LogP contribution in [0.1, 0.15) is 26.7 Å². The Morgan fingerprint density at radius 3 is 2.74 bits per heavy atom. The van der Waals surface area contributed by atoms with Crippen molar-refractivity contribution in [2.45, 2.75) is 38.3 Å². The molecule has 4 nitrogen and oxygen atoms in total. The van der Waals surface area contributed by atoms with Crippen LogP contribution in [0.25, 0.3) is 0 Å². The molecule has 0 saturated heterocycles. The Balaban J connectivity index is 2.40. The van der Waals surface area contributed by atoms with Gasteiger partial charge in [0.15, 0.2) is 0 Å². The fraction of sp³-hybridized carbons (Fsp3) is 0.571. The third kappa shape index (κ3) is 6.25. The summed E-state index contributed by atoms with van der Waals surface area (Å²) in [6.07, 6.45) is 1.77. The molecule has 1 rings (SSSR count). The van der Waals surface area contributed by atoms with Gasteiger partial charge in [0.2, 0.25) is 0 Å². The van der Waals surface area contributed by atoms with E-state index >= 15 is 0 Å². The first-order valence-electron chi connectivity index (χ1n) is 6.36. The molecule has 0 bridgehead atoms. The van der Waals surface area contributed by atoms with Crippen LogP contribution in [-0.2, 0) is 4.74 Å². The molecule has 0 amide bonds. The molecule has 1 aromatic rings. The van der Waals surface area contributed by atoms with E-state index in [-0.39, 0.29) is 11.6 Å². The SMILES string of the molecule is COC(C)(C)CCC(COc1cccc(Cl)c1)NN. The van der Waals surface area contributed by atoms with E-state index in [0.717, 1.165) is 18.6 Å². The molecule has 1 atom stereocenters. The Hall–Kier alpha value is -0.810. The maximum atomic E-state index is 5.90. The average Bonchev–Trinajstić information content (AvgIpc) is 2.39. The first-order chi connectivity index (χ1) is 8.96. The first kappa shape index (κ1) is 16.2. The predicted octanol–water partition coefficient (Wildman–Crippen LogP) is 2.76. The van der Waals surface area contributed by atoms with Gasteiger partial charge in [0.25, 0.3) is 0 Å². The second-order valence-corrected chi connectivity index (χ2v) is 5.57. The van der Waals surface area contributed by atoms with E-state index in [9.17, 15) is 0 Å². The van der Waals surface area contributed by atoms with Crippen LogP contribution >= 0.6 is 11.6 Å². The van der Waals surface area contributed by atoms with Crippen molar-refractivity contribution < 1.29 is 9.47 Å². The Morgan fingerprint density at radius 1 is 1.42 bits per heavy atom. The quantitative estimate of drug-likeness (QED) is 0.570. The van der Waals surface area contributed by atoms with Gasteiger partial charge in [-0.1, -0.05) is 17.7 Å². The summed E-state index contributed by atoms with van der Waals surface area (Å²) in [5.41, 5.74) is 2.62. The van der Waals surface area contributed by atoms with Gasteiger partial charge in [0, 0.05) is 12.1 Å². The molecule has 0 radical (unpaired) electrons. The Bertz CT molecular complexity index is 385. The maximum Gasteiger partial charge on any atom is 0.120 e. The summed E-state index contributed by atoms with van der Waals surface area (Å²) in [7, 11) is 1.72. The van der Waals surface area contributed by atoms with Crippen LogP contribution in [0.15, 0.2) is 24.3 Å². The fourth-order valence-electron chi connectivity index (χ4n) is 1.59. The van der Waals surface area contributed by atoms with Crippen LogP contribution in [0, 0.1) is 0 Å². The van der Waals surface area contributed by atoms with E-state index in [2.05, 4.69) is 19.3 Å². The van der Waals surface area contributed by atoms with E-state index in [1.54, 1.807) is 13.2 Å². The molecule has 0 aliphatic rings.